The van der Waals surface area contributed by atoms with Gasteiger partial charge in [-0.1, -0.05) is 13.8 Å². The van der Waals surface area contributed by atoms with Crippen LogP contribution < -0.4 is 20.7 Å². The Hall–Kier alpha value is -4.82. The molecule has 4 N–H and O–H groups in total. The summed E-state index contributed by atoms with van der Waals surface area (Å²) in [5.74, 6) is -1.25. The highest BCUT2D eigenvalue weighted by Gasteiger charge is 2.57. The molecule has 14 heteroatoms. The molecule has 0 unspecified atom stereocenters. The van der Waals surface area contributed by atoms with Crippen molar-refractivity contribution in [1.82, 2.24) is 20.6 Å². The molecule has 0 aliphatic carbocycles. The molecular formula is C35H35F4N5O5. The molecule has 4 heterocycles. The summed E-state index contributed by atoms with van der Waals surface area (Å²) in [6.45, 7) is 6.77. The third-order valence-electron chi connectivity index (χ3n) is 9.14. The molecule has 10 nitrogen and oxygen atoms in total. The first-order chi connectivity index (χ1) is 23.0. The van der Waals surface area contributed by atoms with Crippen molar-refractivity contribution >= 4 is 28.5 Å². The Balaban J connectivity index is 1.35. The maximum atomic E-state index is 14.9. The number of carbonyl (C=O) groups is 2. The van der Waals surface area contributed by atoms with Crippen LogP contribution in [0, 0.1) is 12.7 Å². The average Bonchev–Trinajstić information content (AvgIpc) is 3.38. The topological polar surface area (TPSA) is 135 Å². The molecule has 3 amide bonds. The highest BCUT2D eigenvalue weighted by molar-refractivity contribution is 6.05. The SMILES string of the molecule is CC[C@@]1(C)COc2c1cc([C@](O)(CNC(=O)c1cc(NC(=O)NC3(C)COC3)c3ncc(C)cc3c1)C(F)(F)F)nc2-c1ccc(F)cc1. The van der Waals surface area contributed by atoms with Gasteiger partial charge in [0.05, 0.1) is 48.8 Å². The first-order valence-electron chi connectivity index (χ1n) is 15.6. The second-order valence-electron chi connectivity index (χ2n) is 13.2. The maximum absolute atomic E-state index is 14.9. The molecule has 0 radical (unpaired) electrons. The predicted octanol–water partition coefficient (Wildman–Crippen LogP) is 5.89. The van der Waals surface area contributed by atoms with Crippen LogP contribution in [-0.4, -0.2) is 65.1 Å². The Morgan fingerprint density at radius 1 is 1.04 bits per heavy atom. The summed E-state index contributed by atoms with van der Waals surface area (Å²) in [7, 11) is 0. The lowest BCUT2D eigenvalue weighted by molar-refractivity contribution is -0.265. The van der Waals surface area contributed by atoms with E-state index >= 15 is 0 Å². The number of halogens is 4. The van der Waals surface area contributed by atoms with E-state index in [-0.39, 0.29) is 34.9 Å². The number of anilines is 1. The second-order valence-corrected chi connectivity index (χ2v) is 13.2. The van der Waals surface area contributed by atoms with Crippen molar-refractivity contribution in [2.75, 3.05) is 31.7 Å². The van der Waals surface area contributed by atoms with Crippen LogP contribution in [-0.2, 0) is 15.8 Å². The van der Waals surface area contributed by atoms with Gasteiger partial charge in [-0.05, 0) is 74.4 Å². The van der Waals surface area contributed by atoms with Crippen molar-refractivity contribution in [2.45, 2.75) is 56.8 Å². The van der Waals surface area contributed by atoms with Gasteiger partial charge in [0.1, 0.15) is 17.3 Å². The number of urea groups is 1. The molecule has 6 rings (SSSR count). The number of aromatic nitrogens is 2. The minimum absolute atomic E-state index is 0.00684. The van der Waals surface area contributed by atoms with Crippen LogP contribution >= 0.6 is 0 Å². The molecule has 1 fully saturated rings. The van der Waals surface area contributed by atoms with E-state index in [2.05, 4.69) is 25.9 Å². The third kappa shape index (κ3) is 6.37. The van der Waals surface area contributed by atoms with Crippen molar-refractivity contribution in [2.24, 2.45) is 0 Å². The van der Waals surface area contributed by atoms with Crippen LogP contribution in [0.4, 0.5) is 28.0 Å². The molecule has 258 valence electrons. The Morgan fingerprint density at radius 2 is 1.76 bits per heavy atom. The van der Waals surface area contributed by atoms with Crippen molar-refractivity contribution < 1.29 is 41.7 Å². The molecule has 1 saturated heterocycles. The first kappa shape index (κ1) is 34.1. The zero-order chi connectivity index (χ0) is 35.4. The van der Waals surface area contributed by atoms with Gasteiger partial charge in [0, 0.05) is 33.7 Å². The summed E-state index contributed by atoms with van der Waals surface area (Å²) in [5.41, 5.74) is -3.81. The fourth-order valence-electron chi connectivity index (χ4n) is 5.89. The molecule has 2 aliphatic rings. The number of rotatable bonds is 8. The molecule has 0 saturated carbocycles. The summed E-state index contributed by atoms with van der Waals surface area (Å²) < 4.78 is 69.5. The standard InChI is InChI=1S/C35H35F4N5O5/c1-5-32(3)16-49-29-24(32)13-26(43-28(29)20-6-8-23(36)9-7-20)34(47,35(37,38)39)15-41-30(45)22-11-21-10-19(2)14-40-27(21)25(12-22)42-31(46)44-33(4)17-48-18-33/h6-14,47H,5,15-18H2,1-4H3,(H,41,45)(H2,42,44,46)/t32-,34+/m0/s1. The fraction of sp³-hybridized carbons (Fsp3) is 0.371. The van der Waals surface area contributed by atoms with Gasteiger partial charge in [0.2, 0.25) is 5.60 Å². The number of aryl methyl sites for hydroxylation is 1. The van der Waals surface area contributed by atoms with E-state index in [9.17, 15) is 32.3 Å². The number of hydrogen-bond acceptors (Lipinski definition) is 7. The number of pyridine rings is 2. The summed E-state index contributed by atoms with van der Waals surface area (Å²) in [5, 5.41) is 19.6. The number of fused-ring (bicyclic) bond motifs is 2. The predicted molar refractivity (Wildman–Crippen MR) is 173 cm³/mol. The highest BCUT2D eigenvalue weighted by atomic mass is 19.4. The Labute approximate surface area is 279 Å². The highest BCUT2D eigenvalue weighted by Crippen LogP contribution is 2.48. The van der Waals surface area contributed by atoms with Gasteiger partial charge >= 0.3 is 12.2 Å². The van der Waals surface area contributed by atoms with Crippen LogP contribution in [0.1, 0.15) is 54.4 Å². The van der Waals surface area contributed by atoms with Gasteiger partial charge in [0.15, 0.2) is 0 Å². The molecule has 2 atom stereocenters. The molecular weight excluding hydrogens is 646 g/mol. The quantitative estimate of drug-likeness (QED) is 0.170. The molecule has 4 aromatic rings. The van der Waals surface area contributed by atoms with Crippen LogP contribution in [0.3, 0.4) is 0 Å². The van der Waals surface area contributed by atoms with Crippen LogP contribution in [0.25, 0.3) is 22.2 Å². The number of ether oxygens (including phenoxy) is 2. The summed E-state index contributed by atoms with van der Waals surface area (Å²) in [4.78, 5) is 35.0. The smallest absolute Gasteiger partial charge is 0.424 e. The monoisotopic (exact) mass is 681 g/mol. The third-order valence-corrected chi connectivity index (χ3v) is 9.14. The number of nitrogens with zero attached hydrogens (tertiary/aromatic N) is 2. The first-order valence-corrected chi connectivity index (χ1v) is 15.6. The maximum Gasteiger partial charge on any atom is 0.424 e. The van der Waals surface area contributed by atoms with Gasteiger partial charge in [-0.3, -0.25) is 9.78 Å². The average molecular weight is 682 g/mol. The van der Waals surface area contributed by atoms with E-state index in [4.69, 9.17) is 9.47 Å². The molecule has 2 aromatic carbocycles. The minimum atomic E-state index is -5.29. The van der Waals surface area contributed by atoms with Crippen LogP contribution in [0.15, 0.2) is 54.7 Å². The summed E-state index contributed by atoms with van der Waals surface area (Å²) >= 11 is 0. The van der Waals surface area contributed by atoms with E-state index in [1.54, 1.807) is 26.1 Å². The lowest BCUT2D eigenvalue weighted by Crippen LogP contribution is -2.60. The van der Waals surface area contributed by atoms with Gasteiger partial charge in [-0.2, -0.15) is 13.2 Å². The summed E-state index contributed by atoms with van der Waals surface area (Å²) in [6, 6.07) is 10.1. The van der Waals surface area contributed by atoms with E-state index in [1.807, 2.05) is 13.8 Å². The number of alkyl halides is 3. The van der Waals surface area contributed by atoms with Crippen molar-refractivity contribution in [1.29, 1.82) is 0 Å². The van der Waals surface area contributed by atoms with Gasteiger partial charge in [-0.15, -0.1) is 0 Å². The van der Waals surface area contributed by atoms with Gasteiger partial charge < -0.3 is 30.5 Å². The normalized spacial score (nSPS) is 19.3. The van der Waals surface area contributed by atoms with Gasteiger partial charge in [-0.25, -0.2) is 14.2 Å². The van der Waals surface area contributed by atoms with E-state index in [0.29, 0.717) is 36.1 Å². The fourth-order valence-corrected chi connectivity index (χ4v) is 5.89. The Morgan fingerprint density at radius 3 is 2.39 bits per heavy atom. The van der Waals surface area contributed by atoms with Crippen molar-refractivity contribution in [3.05, 3.63) is 82.9 Å². The molecule has 0 bridgehead atoms. The Bertz CT molecular complexity index is 1950. The number of aliphatic hydroxyl groups is 1. The lowest BCUT2D eigenvalue weighted by Gasteiger charge is -2.38. The van der Waals surface area contributed by atoms with Crippen LogP contribution in [0.5, 0.6) is 5.75 Å². The number of hydrogen-bond donors (Lipinski definition) is 4. The van der Waals surface area contributed by atoms with E-state index in [1.165, 1.54) is 24.3 Å². The number of carbonyl (C=O) groups excluding carboxylic acids is 2. The van der Waals surface area contributed by atoms with Gasteiger partial charge in [0.25, 0.3) is 5.91 Å². The van der Waals surface area contributed by atoms with Crippen molar-refractivity contribution in [3.63, 3.8) is 0 Å². The molecule has 2 aromatic heterocycles. The van der Waals surface area contributed by atoms with Crippen molar-refractivity contribution in [3.8, 4) is 17.0 Å². The molecule has 0 spiro atoms. The number of benzene rings is 2. The van der Waals surface area contributed by atoms with Crippen LogP contribution in [0.2, 0.25) is 0 Å². The zero-order valence-corrected chi connectivity index (χ0v) is 27.2. The molecule has 2 aliphatic heterocycles. The molecule has 49 heavy (non-hydrogen) atoms. The number of nitrogens with one attached hydrogen (secondary N) is 3. The Kier molecular flexibility index (Phi) is 8.52. The lowest BCUT2D eigenvalue weighted by atomic mass is 9.80. The zero-order valence-electron chi connectivity index (χ0n) is 27.2. The largest absolute Gasteiger partial charge is 0.490 e. The van der Waals surface area contributed by atoms with E-state index in [0.717, 1.165) is 23.8 Å². The number of amides is 3. The minimum Gasteiger partial charge on any atom is -0.490 e. The van der Waals surface area contributed by atoms with E-state index < -0.39 is 52.7 Å². The summed E-state index contributed by atoms with van der Waals surface area (Å²) in [6.07, 6.45) is -3.21. The second kappa shape index (κ2) is 12.3.